The molecule has 2 aromatic carbocycles. The van der Waals surface area contributed by atoms with Crippen LogP contribution in [0.25, 0.3) is 21.9 Å². The third-order valence-corrected chi connectivity index (χ3v) is 4.21. The van der Waals surface area contributed by atoms with Gasteiger partial charge in [-0.15, -0.1) is 0 Å². The number of nitrogens with zero attached hydrogens (tertiary/aromatic N) is 2. The number of aliphatic hydroxyl groups is 1. The lowest BCUT2D eigenvalue weighted by Gasteiger charge is -2.19. The minimum Gasteiger partial charge on any atom is -0.395 e. The summed E-state index contributed by atoms with van der Waals surface area (Å²) in [6.07, 6.45) is 0. The van der Waals surface area contributed by atoms with Crippen LogP contribution in [0.1, 0.15) is 11.5 Å². The Morgan fingerprint density at radius 1 is 0.917 bits per heavy atom. The minimum atomic E-state index is 0.125. The van der Waals surface area contributed by atoms with Crippen molar-refractivity contribution in [1.82, 2.24) is 19.9 Å². The van der Waals surface area contributed by atoms with Gasteiger partial charge in [-0.1, -0.05) is 30.3 Å². The number of aromatic nitrogens is 3. The lowest BCUT2D eigenvalue weighted by molar-refractivity contribution is 0.180. The number of para-hydroxylation sites is 3. The largest absolute Gasteiger partial charge is 0.395 e. The maximum Gasteiger partial charge on any atom is 0.121 e. The molecule has 0 radical (unpaired) electrons. The fourth-order valence-corrected chi connectivity index (χ4v) is 3.11. The van der Waals surface area contributed by atoms with Crippen LogP contribution < -0.4 is 0 Å². The molecule has 0 bridgehead atoms. The summed E-state index contributed by atoms with van der Waals surface area (Å²) >= 11 is 0. The molecule has 4 aromatic rings. The number of hydrogen-bond acceptors (Lipinski definition) is 3. The summed E-state index contributed by atoms with van der Waals surface area (Å²) in [5, 5.41) is 10.6. The van der Waals surface area contributed by atoms with Gasteiger partial charge in [-0.25, -0.2) is 4.98 Å². The summed E-state index contributed by atoms with van der Waals surface area (Å²) in [5.74, 6) is 0.917. The van der Waals surface area contributed by atoms with E-state index in [1.165, 1.54) is 5.39 Å². The molecule has 3 N–H and O–H groups in total. The Hall–Kier alpha value is -2.63. The highest BCUT2D eigenvalue weighted by molar-refractivity contribution is 5.80. The second kappa shape index (κ2) is 6.47. The molecular formula is C19H20N4O. The molecule has 0 aliphatic carbocycles. The van der Waals surface area contributed by atoms with E-state index in [-0.39, 0.29) is 6.61 Å². The summed E-state index contributed by atoms with van der Waals surface area (Å²) in [5.41, 5.74) is 4.30. The first-order chi connectivity index (χ1) is 11.8. The van der Waals surface area contributed by atoms with E-state index < -0.39 is 0 Å². The molecule has 0 aliphatic heterocycles. The van der Waals surface area contributed by atoms with Gasteiger partial charge in [-0.2, -0.15) is 0 Å². The highest BCUT2D eigenvalue weighted by Gasteiger charge is 2.11. The fourth-order valence-electron chi connectivity index (χ4n) is 3.11. The molecule has 0 saturated heterocycles. The summed E-state index contributed by atoms with van der Waals surface area (Å²) in [6, 6.07) is 18.4. The monoisotopic (exact) mass is 320 g/mol. The van der Waals surface area contributed by atoms with Crippen LogP contribution in [0.5, 0.6) is 0 Å². The van der Waals surface area contributed by atoms with Gasteiger partial charge in [-0.3, -0.25) is 4.90 Å². The van der Waals surface area contributed by atoms with Crippen molar-refractivity contribution < 1.29 is 5.11 Å². The highest BCUT2D eigenvalue weighted by atomic mass is 16.3. The van der Waals surface area contributed by atoms with Crippen LogP contribution in [0.4, 0.5) is 0 Å². The topological polar surface area (TPSA) is 67.9 Å². The molecule has 5 heteroatoms. The zero-order chi connectivity index (χ0) is 16.4. The fraction of sp³-hybridized carbons (Fsp3) is 0.211. The number of fused-ring (bicyclic) bond motifs is 2. The second-order valence-corrected chi connectivity index (χ2v) is 6.02. The Morgan fingerprint density at radius 2 is 1.71 bits per heavy atom. The molecule has 24 heavy (non-hydrogen) atoms. The number of hydrogen-bond donors (Lipinski definition) is 3. The lowest BCUT2D eigenvalue weighted by Crippen LogP contribution is -2.26. The maximum atomic E-state index is 9.39. The van der Waals surface area contributed by atoms with E-state index in [9.17, 15) is 5.11 Å². The molecule has 0 amide bonds. The zero-order valence-corrected chi connectivity index (χ0v) is 13.4. The van der Waals surface area contributed by atoms with E-state index in [2.05, 4.69) is 38.1 Å². The standard InChI is InChI=1S/C19H20N4O/c24-10-9-23(12-15-11-14-5-1-2-6-16(14)20-15)13-19-21-17-7-3-4-8-18(17)22-19/h1-8,11,20,24H,9-10,12-13H2,(H,21,22). The van der Waals surface area contributed by atoms with E-state index in [0.29, 0.717) is 13.1 Å². The van der Waals surface area contributed by atoms with Crippen molar-refractivity contribution in [2.75, 3.05) is 13.2 Å². The molecule has 0 spiro atoms. The number of H-pyrrole nitrogens is 2. The Morgan fingerprint density at radius 3 is 2.50 bits per heavy atom. The lowest BCUT2D eigenvalue weighted by atomic mass is 10.2. The quantitative estimate of drug-likeness (QED) is 0.511. The molecular weight excluding hydrogens is 300 g/mol. The first-order valence-corrected chi connectivity index (χ1v) is 8.15. The van der Waals surface area contributed by atoms with Gasteiger partial charge in [-0.05, 0) is 29.7 Å². The average Bonchev–Trinajstić information content (AvgIpc) is 3.17. The maximum absolute atomic E-state index is 9.39. The van der Waals surface area contributed by atoms with Gasteiger partial charge in [0.1, 0.15) is 5.82 Å². The van der Waals surface area contributed by atoms with Crippen molar-refractivity contribution in [3.63, 3.8) is 0 Å². The smallest absolute Gasteiger partial charge is 0.121 e. The molecule has 4 rings (SSSR count). The third kappa shape index (κ3) is 3.04. The van der Waals surface area contributed by atoms with Crippen LogP contribution in [0.15, 0.2) is 54.6 Å². The van der Waals surface area contributed by atoms with Crippen molar-refractivity contribution in [2.24, 2.45) is 0 Å². The average molecular weight is 320 g/mol. The van der Waals surface area contributed by atoms with Crippen molar-refractivity contribution in [3.05, 3.63) is 66.1 Å². The second-order valence-electron chi connectivity index (χ2n) is 6.02. The van der Waals surface area contributed by atoms with Gasteiger partial charge in [0.15, 0.2) is 0 Å². The van der Waals surface area contributed by atoms with Gasteiger partial charge in [0.25, 0.3) is 0 Å². The zero-order valence-electron chi connectivity index (χ0n) is 13.4. The molecule has 2 aromatic heterocycles. The molecule has 0 aliphatic rings. The predicted octanol–water partition coefficient (Wildman–Crippen LogP) is 3.04. The van der Waals surface area contributed by atoms with Gasteiger partial charge in [0.2, 0.25) is 0 Å². The van der Waals surface area contributed by atoms with Crippen LogP contribution in [-0.4, -0.2) is 38.1 Å². The van der Waals surface area contributed by atoms with Gasteiger partial charge >= 0.3 is 0 Å². The third-order valence-electron chi connectivity index (χ3n) is 4.21. The Labute approximate surface area is 140 Å². The van der Waals surface area contributed by atoms with Gasteiger partial charge < -0.3 is 15.1 Å². The van der Waals surface area contributed by atoms with Crippen molar-refractivity contribution in [1.29, 1.82) is 0 Å². The Balaban J connectivity index is 1.54. The van der Waals surface area contributed by atoms with Crippen LogP contribution in [0, 0.1) is 0 Å². The SMILES string of the molecule is OCCN(Cc1cc2ccccc2[nH]1)Cc1nc2ccccc2[nH]1. The predicted molar refractivity (Wildman–Crippen MR) is 95.6 cm³/mol. The van der Waals surface area contributed by atoms with Crippen LogP contribution in [0.3, 0.4) is 0 Å². The molecule has 0 atom stereocenters. The molecule has 0 saturated carbocycles. The first kappa shape index (κ1) is 14.9. The number of nitrogens with one attached hydrogen (secondary N) is 2. The van der Waals surface area contributed by atoms with Crippen molar-refractivity contribution in [3.8, 4) is 0 Å². The molecule has 122 valence electrons. The Bertz CT molecular complexity index is 814. The van der Waals surface area contributed by atoms with Crippen molar-refractivity contribution >= 4 is 21.9 Å². The molecule has 0 unspecified atom stereocenters. The Kier molecular flexibility index (Phi) is 4.02. The number of aliphatic hydroxyl groups excluding tert-OH is 1. The van der Waals surface area contributed by atoms with Gasteiger partial charge in [0, 0.05) is 24.3 Å². The van der Waals surface area contributed by atoms with Crippen LogP contribution in [-0.2, 0) is 13.1 Å². The normalized spacial score (nSPS) is 11.8. The van der Waals surface area contributed by atoms with E-state index >= 15 is 0 Å². The summed E-state index contributed by atoms with van der Waals surface area (Å²) in [6.45, 7) is 2.14. The number of rotatable bonds is 6. The van der Waals surface area contributed by atoms with E-state index in [4.69, 9.17) is 0 Å². The van der Waals surface area contributed by atoms with Crippen LogP contribution >= 0.6 is 0 Å². The first-order valence-electron chi connectivity index (χ1n) is 8.15. The number of benzene rings is 2. The molecule has 0 fully saturated rings. The molecule has 2 heterocycles. The molecule has 5 nitrogen and oxygen atoms in total. The van der Waals surface area contributed by atoms with E-state index in [0.717, 1.165) is 34.6 Å². The summed E-state index contributed by atoms with van der Waals surface area (Å²) < 4.78 is 0. The highest BCUT2D eigenvalue weighted by Crippen LogP contribution is 2.17. The number of imidazole rings is 1. The van der Waals surface area contributed by atoms with E-state index in [1.807, 2.05) is 36.4 Å². The van der Waals surface area contributed by atoms with Gasteiger partial charge in [0.05, 0.1) is 24.2 Å². The summed E-state index contributed by atoms with van der Waals surface area (Å²) in [7, 11) is 0. The van der Waals surface area contributed by atoms with E-state index in [1.54, 1.807) is 0 Å². The number of aromatic amines is 2. The summed E-state index contributed by atoms with van der Waals surface area (Å²) in [4.78, 5) is 13.6. The minimum absolute atomic E-state index is 0.125. The van der Waals surface area contributed by atoms with Crippen LogP contribution in [0.2, 0.25) is 0 Å². The van der Waals surface area contributed by atoms with Crippen molar-refractivity contribution in [2.45, 2.75) is 13.1 Å².